The smallest absolute Gasteiger partial charge is 0.228 e. The zero-order valence-electron chi connectivity index (χ0n) is 22.0. The molecule has 3 N–H and O–H groups in total. The van der Waals surface area contributed by atoms with Gasteiger partial charge in [0, 0.05) is 41.9 Å². The second-order valence-electron chi connectivity index (χ2n) is 10.4. The highest BCUT2D eigenvalue weighted by Crippen LogP contribution is 2.31. The number of hydrogen-bond acceptors (Lipinski definition) is 7. The van der Waals surface area contributed by atoms with Crippen LogP contribution in [0.5, 0.6) is 0 Å². The maximum absolute atomic E-state index is 13.5. The summed E-state index contributed by atoms with van der Waals surface area (Å²) in [5.41, 5.74) is 10.5. The Bertz CT molecular complexity index is 1330. The molecule has 0 saturated heterocycles. The lowest BCUT2D eigenvalue weighted by Gasteiger charge is -2.27. The number of anilines is 1. The van der Waals surface area contributed by atoms with E-state index in [0.717, 1.165) is 47.9 Å². The van der Waals surface area contributed by atoms with Gasteiger partial charge in [0.15, 0.2) is 12.5 Å². The van der Waals surface area contributed by atoms with Gasteiger partial charge in [0.05, 0.1) is 0 Å². The zero-order valence-corrected chi connectivity index (χ0v) is 22.0. The maximum atomic E-state index is 13.5. The number of Topliss-reactive ketones (excluding diaryl/α,β-unsaturated/α-hetero) is 1. The van der Waals surface area contributed by atoms with Crippen molar-refractivity contribution in [3.63, 3.8) is 0 Å². The molecular weight excluding hydrogens is 488 g/mol. The number of carbonyl (C=O) groups excluding carboxylic acids is 2. The summed E-state index contributed by atoms with van der Waals surface area (Å²) in [4.78, 5) is 35.3. The third kappa shape index (κ3) is 6.89. The standard InChI is InChI=1S/C31H34N6O2/c32-18-22-5-9-24(10-6-22)29(38)17-27(16-21-3-7-23(8-4-21)26-2-1-15-33-19-26)31(39)36-28-13-11-25(12-14-28)30-34-20-35-37-30/h1-4,7-8,11-15,19,22,24,27H,5-6,9-10,16-18,20,32H2,(H,36,39)/t22?,24?,27-/m1/s1. The third-order valence-electron chi connectivity index (χ3n) is 7.74. The number of aliphatic imine (C=N–C) groups is 1. The van der Waals surface area contributed by atoms with E-state index >= 15 is 0 Å². The van der Waals surface area contributed by atoms with Gasteiger partial charge in [0.25, 0.3) is 0 Å². The summed E-state index contributed by atoms with van der Waals surface area (Å²) in [6, 6.07) is 19.5. The van der Waals surface area contributed by atoms with E-state index in [1.54, 1.807) is 6.20 Å². The quantitative estimate of drug-likeness (QED) is 0.368. The zero-order chi connectivity index (χ0) is 27.0. The number of azo groups is 1. The Balaban J connectivity index is 1.29. The van der Waals surface area contributed by atoms with Gasteiger partial charge in [-0.2, -0.15) is 5.11 Å². The summed E-state index contributed by atoms with van der Waals surface area (Å²) in [5.74, 6) is 0.665. The molecule has 1 atom stereocenters. The molecule has 3 aromatic rings. The Hall–Kier alpha value is -4.04. The predicted molar refractivity (Wildman–Crippen MR) is 152 cm³/mol. The number of rotatable bonds is 10. The molecule has 8 heteroatoms. The fourth-order valence-electron chi connectivity index (χ4n) is 5.36. The van der Waals surface area contributed by atoms with Crippen molar-refractivity contribution in [1.82, 2.24) is 4.98 Å². The molecule has 0 spiro atoms. The van der Waals surface area contributed by atoms with Crippen LogP contribution in [0.2, 0.25) is 0 Å². The predicted octanol–water partition coefficient (Wildman–Crippen LogP) is 5.44. The van der Waals surface area contributed by atoms with Crippen molar-refractivity contribution >= 4 is 23.2 Å². The highest BCUT2D eigenvalue weighted by molar-refractivity contribution is 6.01. The van der Waals surface area contributed by atoms with Gasteiger partial charge in [-0.15, -0.1) is 5.11 Å². The van der Waals surface area contributed by atoms with E-state index in [1.165, 1.54) is 0 Å². The average molecular weight is 523 g/mol. The van der Waals surface area contributed by atoms with E-state index in [9.17, 15) is 9.59 Å². The molecular formula is C31H34N6O2. The molecule has 1 fully saturated rings. The molecule has 1 saturated carbocycles. The lowest BCUT2D eigenvalue weighted by molar-refractivity contribution is -0.129. The molecule has 8 nitrogen and oxygen atoms in total. The Labute approximate surface area is 228 Å². The average Bonchev–Trinajstić information content (AvgIpc) is 3.53. The summed E-state index contributed by atoms with van der Waals surface area (Å²) >= 11 is 0. The molecule has 1 aliphatic heterocycles. The van der Waals surface area contributed by atoms with Crippen LogP contribution in [0.3, 0.4) is 0 Å². The van der Waals surface area contributed by atoms with Crippen molar-refractivity contribution in [2.75, 3.05) is 18.5 Å². The molecule has 1 aromatic heterocycles. The Morgan fingerprint density at radius 2 is 1.67 bits per heavy atom. The van der Waals surface area contributed by atoms with Gasteiger partial charge in [0.1, 0.15) is 5.78 Å². The van der Waals surface area contributed by atoms with Crippen LogP contribution < -0.4 is 11.1 Å². The number of benzene rings is 2. The van der Waals surface area contributed by atoms with Crippen molar-refractivity contribution < 1.29 is 9.59 Å². The number of amidine groups is 1. The Morgan fingerprint density at radius 1 is 0.923 bits per heavy atom. The summed E-state index contributed by atoms with van der Waals surface area (Å²) < 4.78 is 0. The second kappa shape index (κ2) is 12.7. The van der Waals surface area contributed by atoms with E-state index in [0.29, 0.717) is 37.1 Å². The number of pyridine rings is 1. The van der Waals surface area contributed by atoms with Crippen LogP contribution in [0, 0.1) is 17.8 Å². The van der Waals surface area contributed by atoms with Crippen LogP contribution in [-0.4, -0.2) is 35.7 Å². The molecule has 1 aliphatic carbocycles. The van der Waals surface area contributed by atoms with Crippen molar-refractivity contribution in [1.29, 1.82) is 0 Å². The monoisotopic (exact) mass is 522 g/mol. The van der Waals surface area contributed by atoms with E-state index in [2.05, 4.69) is 25.5 Å². The maximum Gasteiger partial charge on any atom is 0.228 e. The molecule has 39 heavy (non-hydrogen) atoms. The molecule has 5 rings (SSSR count). The van der Waals surface area contributed by atoms with Crippen LogP contribution in [0.25, 0.3) is 11.1 Å². The topological polar surface area (TPSA) is 122 Å². The molecule has 1 amide bonds. The van der Waals surface area contributed by atoms with Gasteiger partial charge in [-0.3, -0.25) is 14.6 Å². The molecule has 2 aliphatic rings. The number of amides is 1. The van der Waals surface area contributed by atoms with Gasteiger partial charge in [0.2, 0.25) is 5.91 Å². The highest BCUT2D eigenvalue weighted by atomic mass is 16.2. The Kier molecular flexibility index (Phi) is 8.63. The van der Waals surface area contributed by atoms with Crippen molar-refractivity contribution in [2.45, 2.75) is 38.5 Å². The lowest BCUT2D eigenvalue weighted by atomic mass is 9.77. The molecule has 0 unspecified atom stereocenters. The third-order valence-corrected chi connectivity index (χ3v) is 7.74. The molecule has 0 radical (unpaired) electrons. The van der Waals surface area contributed by atoms with Gasteiger partial charge >= 0.3 is 0 Å². The number of aromatic nitrogens is 1. The fraction of sp³-hybridized carbons (Fsp3) is 0.355. The number of carbonyl (C=O) groups is 2. The van der Waals surface area contributed by atoms with Crippen LogP contribution in [0.4, 0.5) is 5.69 Å². The molecule has 200 valence electrons. The number of hydrogen-bond donors (Lipinski definition) is 2. The first-order valence-corrected chi connectivity index (χ1v) is 13.6. The second-order valence-corrected chi connectivity index (χ2v) is 10.4. The van der Waals surface area contributed by atoms with E-state index in [-0.39, 0.29) is 24.0 Å². The number of nitrogens with zero attached hydrogens (tertiary/aromatic N) is 4. The normalized spacial score (nSPS) is 19.4. The van der Waals surface area contributed by atoms with Crippen LogP contribution in [0.15, 0.2) is 88.3 Å². The minimum Gasteiger partial charge on any atom is -0.330 e. The van der Waals surface area contributed by atoms with Crippen LogP contribution in [0.1, 0.15) is 43.2 Å². The van der Waals surface area contributed by atoms with Crippen LogP contribution >= 0.6 is 0 Å². The van der Waals surface area contributed by atoms with Crippen LogP contribution in [-0.2, 0) is 16.0 Å². The van der Waals surface area contributed by atoms with E-state index in [4.69, 9.17) is 5.73 Å². The fourth-order valence-corrected chi connectivity index (χ4v) is 5.36. The minimum absolute atomic E-state index is 0.0108. The highest BCUT2D eigenvalue weighted by Gasteiger charge is 2.30. The number of nitrogens with one attached hydrogen (secondary N) is 1. The number of nitrogens with two attached hydrogens (primary N) is 1. The van der Waals surface area contributed by atoms with Crippen molar-refractivity contribution in [3.05, 3.63) is 84.2 Å². The molecule has 2 heterocycles. The first-order valence-electron chi connectivity index (χ1n) is 13.6. The van der Waals surface area contributed by atoms with E-state index in [1.807, 2.05) is 66.9 Å². The minimum atomic E-state index is -0.471. The summed E-state index contributed by atoms with van der Waals surface area (Å²) in [7, 11) is 0. The van der Waals surface area contributed by atoms with Crippen molar-refractivity contribution in [3.8, 4) is 11.1 Å². The van der Waals surface area contributed by atoms with E-state index < -0.39 is 5.92 Å². The number of ketones is 1. The first-order chi connectivity index (χ1) is 19.1. The van der Waals surface area contributed by atoms with Crippen molar-refractivity contribution in [2.24, 2.45) is 38.7 Å². The Morgan fingerprint density at radius 3 is 2.31 bits per heavy atom. The summed E-state index contributed by atoms with van der Waals surface area (Å²) in [6.07, 6.45) is 7.98. The lowest BCUT2D eigenvalue weighted by Crippen LogP contribution is -2.31. The summed E-state index contributed by atoms with van der Waals surface area (Å²) in [5, 5.41) is 10.9. The molecule has 0 bridgehead atoms. The first kappa shape index (κ1) is 26.6. The summed E-state index contributed by atoms with van der Waals surface area (Å²) in [6.45, 7) is 1.02. The van der Waals surface area contributed by atoms with Gasteiger partial charge in [-0.05, 0) is 91.6 Å². The largest absolute Gasteiger partial charge is 0.330 e. The SMILES string of the molecule is NCC1CCC(C(=O)C[C@@H](Cc2ccc(-c3cccnc3)cc2)C(=O)Nc2ccc(C3=NCN=N3)cc2)CC1. The van der Waals surface area contributed by atoms with Gasteiger partial charge in [-0.1, -0.05) is 30.3 Å². The van der Waals surface area contributed by atoms with Gasteiger partial charge < -0.3 is 11.1 Å². The van der Waals surface area contributed by atoms with Gasteiger partial charge in [-0.25, -0.2) is 4.99 Å². The molecule has 2 aromatic carbocycles.